The third kappa shape index (κ3) is 2.11. The normalized spacial score (nSPS) is 33.1. The predicted octanol–water partition coefficient (Wildman–Crippen LogP) is 2.41. The van der Waals surface area contributed by atoms with E-state index in [1.165, 1.54) is 6.42 Å². The van der Waals surface area contributed by atoms with Crippen LogP contribution in [-0.2, 0) is 11.8 Å². The maximum atomic E-state index is 13.0. The molecule has 1 aromatic heterocycles. The van der Waals surface area contributed by atoms with Gasteiger partial charge < -0.3 is 9.47 Å². The Bertz CT molecular complexity index is 626. The summed E-state index contributed by atoms with van der Waals surface area (Å²) in [6.45, 7) is 0.864. The van der Waals surface area contributed by atoms with Gasteiger partial charge in [-0.15, -0.1) is 10.2 Å². The molecule has 1 aliphatic heterocycles. The third-order valence-corrected chi connectivity index (χ3v) is 6.20. The van der Waals surface area contributed by atoms with Crippen LogP contribution in [-0.4, -0.2) is 38.4 Å². The highest BCUT2D eigenvalue weighted by Crippen LogP contribution is 2.45. The highest BCUT2D eigenvalue weighted by molar-refractivity contribution is 7.98. The van der Waals surface area contributed by atoms with Gasteiger partial charge in [0.05, 0.1) is 6.04 Å². The smallest absolute Gasteiger partial charge is 0.226 e. The van der Waals surface area contributed by atoms with Crippen molar-refractivity contribution in [3.05, 3.63) is 18.0 Å². The number of hydrogen-bond acceptors (Lipinski definition) is 4. The Hall–Kier alpha value is -1.30. The standard InChI is InChI=1S/C16H22N4OS/c1-19-14(17-18-16(19)22-2)13-4-3-7-20(13)15(21)12-9-10-5-6-11(12)8-10/h5-6,10-13H,3-4,7-9H2,1-2H3/t10-,11+,12-,13?/m1/s1. The van der Waals surface area contributed by atoms with Gasteiger partial charge in [0.15, 0.2) is 11.0 Å². The molecule has 2 heterocycles. The Morgan fingerprint density at radius 1 is 1.32 bits per heavy atom. The molecule has 118 valence electrons. The lowest BCUT2D eigenvalue weighted by Crippen LogP contribution is -2.38. The third-order valence-electron chi connectivity index (χ3n) is 5.48. The van der Waals surface area contributed by atoms with Crippen LogP contribution in [0, 0.1) is 17.8 Å². The summed E-state index contributed by atoms with van der Waals surface area (Å²) in [7, 11) is 2.00. The van der Waals surface area contributed by atoms with Crippen LogP contribution >= 0.6 is 11.8 Å². The molecule has 1 saturated carbocycles. The SMILES string of the molecule is CSc1nnc(C2CCCN2C(=O)[C@@H]2C[C@@H]3C=C[C@H]2C3)n1C. The number of likely N-dealkylation sites (tertiary alicyclic amines) is 1. The van der Waals surface area contributed by atoms with Crippen molar-refractivity contribution in [2.24, 2.45) is 24.8 Å². The minimum absolute atomic E-state index is 0.106. The van der Waals surface area contributed by atoms with Crippen LogP contribution in [0.1, 0.15) is 37.5 Å². The van der Waals surface area contributed by atoms with E-state index in [1.807, 2.05) is 17.9 Å². The van der Waals surface area contributed by atoms with Crippen LogP contribution in [0.2, 0.25) is 0 Å². The lowest BCUT2D eigenvalue weighted by molar-refractivity contribution is -0.137. The summed E-state index contributed by atoms with van der Waals surface area (Å²) in [6.07, 6.45) is 10.8. The molecule has 0 radical (unpaired) electrons. The molecule has 0 spiro atoms. The first-order chi connectivity index (χ1) is 10.7. The van der Waals surface area contributed by atoms with Gasteiger partial charge >= 0.3 is 0 Å². The molecule has 4 rings (SSSR count). The van der Waals surface area contributed by atoms with E-state index in [1.54, 1.807) is 11.8 Å². The summed E-state index contributed by atoms with van der Waals surface area (Å²) < 4.78 is 2.04. The van der Waals surface area contributed by atoms with Crippen molar-refractivity contribution < 1.29 is 4.79 Å². The van der Waals surface area contributed by atoms with Crippen LogP contribution in [0.5, 0.6) is 0 Å². The topological polar surface area (TPSA) is 51.0 Å². The minimum atomic E-state index is 0.106. The van der Waals surface area contributed by atoms with Gasteiger partial charge in [0.1, 0.15) is 0 Å². The molecule has 5 nitrogen and oxygen atoms in total. The number of allylic oxidation sites excluding steroid dienone is 2. The Labute approximate surface area is 135 Å². The van der Waals surface area contributed by atoms with E-state index in [2.05, 4.69) is 27.2 Å². The second-order valence-electron chi connectivity index (χ2n) is 6.68. The molecule has 1 unspecified atom stereocenters. The first-order valence-corrected chi connectivity index (χ1v) is 9.33. The highest BCUT2D eigenvalue weighted by atomic mass is 32.2. The molecule has 2 fully saturated rings. The Kier molecular flexibility index (Phi) is 3.51. The van der Waals surface area contributed by atoms with Gasteiger partial charge in [-0.3, -0.25) is 4.79 Å². The second-order valence-corrected chi connectivity index (χ2v) is 7.45. The van der Waals surface area contributed by atoms with Gasteiger partial charge in [0.25, 0.3) is 0 Å². The number of nitrogens with zero attached hydrogens (tertiary/aromatic N) is 4. The van der Waals surface area contributed by atoms with E-state index in [4.69, 9.17) is 0 Å². The first-order valence-electron chi connectivity index (χ1n) is 8.11. The van der Waals surface area contributed by atoms with Crippen LogP contribution in [0.15, 0.2) is 17.3 Å². The van der Waals surface area contributed by atoms with Gasteiger partial charge in [-0.05, 0) is 43.8 Å². The number of fused-ring (bicyclic) bond motifs is 2. The van der Waals surface area contributed by atoms with Crippen molar-refractivity contribution in [1.29, 1.82) is 0 Å². The second kappa shape index (κ2) is 5.41. The van der Waals surface area contributed by atoms with Crippen molar-refractivity contribution in [3.8, 4) is 0 Å². The molecule has 2 bridgehead atoms. The number of aromatic nitrogens is 3. The summed E-state index contributed by atoms with van der Waals surface area (Å²) in [5, 5.41) is 9.51. The molecule has 6 heteroatoms. The van der Waals surface area contributed by atoms with E-state index in [0.717, 1.165) is 36.8 Å². The Balaban J connectivity index is 1.57. The molecule has 0 N–H and O–H groups in total. The van der Waals surface area contributed by atoms with Gasteiger partial charge in [0.2, 0.25) is 5.91 Å². The van der Waals surface area contributed by atoms with E-state index in [0.29, 0.717) is 17.7 Å². The quantitative estimate of drug-likeness (QED) is 0.634. The van der Waals surface area contributed by atoms with Crippen molar-refractivity contribution in [2.75, 3.05) is 12.8 Å². The van der Waals surface area contributed by atoms with E-state index >= 15 is 0 Å². The zero-order valence-electron chi connectivity index (χ0n) is 13.1. The lowest BCUT2D eigenvalue weighted by atomic mass is 9.92. The summed E-state index contributed by atoms with van der Waals surface area (Å²) in [4.78, 5) is 15.1. The summed E-state index contributed by atoms with van der Waals surface area (Å²) in [6, 6.07) is 0.106. The fourth-order valence-electron chi connectivity index (χ4n) is 4.37. The fourth-order valence-corrected chi connectivity index (χ4v) is 4.86. The number of carbonyl (C=O) groups excluding carboxylic acids is 1. The number of carbonyl (C=O) groups is 1. The van der Waals surface area contributed by atoms with Crippen LogP contribution in [0.4, 0.5) is 0 Å². The zero-order chi connectivity index (χ0) is 15.3. The molecular formula is C16H22N4OS. The average molecular weight is 318 g/mol. The monoisotopic (exact) mass is 318 g/mol. The summed E-state index contributed by atoms with van der Waals surface area (Å²) in [5.74, 6) is 2.59. The predicted molar refractivity (Wildman–Crippen MR) is 85.3 cm³/mol. The average Bonchev–Trinajstić information content (AvgIpc) is 3.29. The largest absolute Gasteiger partial charge is 0.332 e. The highest BCUT2D eigenvalue weighted by Gasteiger charge is 2.44. The van der Waals surface area contributed by atoms with Gasteiger partial charge in [-0.25, -0.2) is 0 Å². The van der Waals surface area contributed by atoms with Crippen LogP contribution in [0.25, 0.3) is 0 Å². The molecule has 22 heavy (non-hydrogen) atoms. The van der Waals surface area contributed by atoms with Crippen LogP contribution in [0.3, 0.4) is 0 Å². The van der Waals surface area contributed by atoms with E-state index in [-0.39, 0.29) is 12.0 Å². The first kappa shape index (κ1) is 14.3. The number of amides is 1. The number of hydrogen-bond donors (Lipinski definition) is 0. The molecule has 4 atom stereocenters. The van der Waals surface area contributed by atoms with Gasteiger partial charge in [0, 0.05) is 19.5 Å². The lowest BCUT2D eigenvalue weighted by Gasteiger charge is -2.29. The molecule has 2 aliphatic carbocycles. The fraction of sp³-hybridized carbons (Fsp3) is 0.688. The van der Waals surface area contributed by atoms with Crippen molar-refractivity contribution in [2.45, 2.75) is 36.9 Å². The Morgan fingerprint density at radius 2 is 2.18 bits per heavy atom. The van der Waals surface area contributed by atoms with E-state index < -0.39 is 0 Å². The molecule has 0 aromatic carbocycles. The molecule has 1 amide bonds. The number of rotatable bonds is 3. The number of thioether (sulfide) groups is 1. The molecule has 1 aromatic rings. The Morgan fingerprint density at radius 3 is 2.82 bits per heavy atom. The maximum absolute atomic E-state index is 13.0. The molecule has 1 saturated heterocycles. The van der Waals surface area contributed by atoms with E-state index in [9.17, 15) is 4.79 Å². The van der Waals surface area contributed by atoms with Crippen molar-refractivity contribution >= 4 is 17.7 Å². The maximum Gasteiger partial charge on any atom is 0.226 e. The van der Waals surface area contributed by atoms with Gasteiger partial charge in [-0.1, -0.05) is 23.9 Å². The van der Waals surface area contributed by atoms with Gasteiger partial charge in [-0.2, -0.15) is 0 Å². The minimum Gasteiger partial charge on any atom is -0.332 e. The summed E-state index contributed by atoms with van der Waals surface area (Å²) >= 11 is 1.60. The molecular weight excluding hydrogens is 296 g/mol. The van der Waals surface area contributed by atoms with Crippen molar-refractivity contribution in [1.82, 2.24) is 19.7 Å². The van der Waals surface area contributed by atoms with Crippen LogP contribution < -0.4 is 0 Å². The molecule has 3 aliphatic rings. The zero-order valence-corrected chi connectivity index (χ0v) is 13.9. The van der Waals surface area contributed by atoms with Crippen molar-refractivity contribution in [3.63, 3.8) is 0 Å². The summed E-state index contributed by atoms with van der Waals surface area (Å²) in [5.41, 5.74) is 0.